The molecular formula is C19H33IN4O2S2. The molecule has 6 nitrogen and oxygen atoms in total. The van der Waals surface area contributed by atoms with Crippen molar-refractivity contribution in [3.05, 3.63) is 35.4 Å². The van der Waals surface area contributed by atoms with Crippen molar-refractivity contribution in [1.82, 2.24) is 14.9 Å². The Morgan fingerprint density at radius 2 is 1.93 bits per heavy atom. The quantitative estimate of drug-likeness (QED) is 0.330. The fraction of sp³-hybridized carbons (Fsp3) is 0.632. The van der Waals surface area contributed by atoms with Gasteiger partial charge in [-0.2, -0.15) is 11.8 Å². The van der Waals surface area contributed by atoms with E-state index in [1.54, 1.807) is 7.05 Å². The van der Waals surface area contributed by atoms with Crippen molar-refractivity contribution in [3.63, 3.8) is 0 Å². The maximum atomic E-state index is 12.3. The van der Waals surface area contributed by atoms with Gasteiger partial charge in [0, 0.05) is 43.2 Å². The van der Waals surface area contributed by atoms with Gasteiger partial charge in [-0.3, -0.25) is 4.99 Å². The van der Waals surface area contributed by atoms with E-state index < -0.39 is 10.0 Å². The lowest BCUT2D eigenvalue weighted by atomic mass is 10.1. The summed E-state index contributed by atoms with van der Waals surface area (Å²) < 4.78 is 27.5. The molecule has 1 aromatic rings. The standard InChI is InChI=1S/C19H32N4O2S2.HI/c1-15(2)22-27(24,25)13-17-9-7-6-8-16(17)12-21-18(20-5)23-10-11-26-19(3,4)14-23;/h6-9,15,22H,10-14H2,1-5H3,(H,20,21);1H. The van der Waals surface area contributed by atoms with Gasteiger partial charge < -0.3 is 10.2 Å². The van der Waals surface area contributed by atoms with Crippen molar-refractivity contribution >= 4 is 51.7 Å². The Morgan fingerprint density at radius 1 is 1.29 bits per heavy atom. The molecule has 1 heterocycles. The largest absolute Gasteiger partial charge is 0.352 e. The van der Waals surface area contributed by atoms with E-state index in [0.717, 1.165) is 35.9 Å². The first kappa shape index (κ1) is 25.5. The summed E-state index contributed by atoms with van der Waals surface area (Å²) in [5.41, 5.74) is 1.78. The van der Waals surface area contributed by atoms with Crippen molar-refractivity contribution in [2.45, 2.75) is 50.8 Å². The fourth-order valence-electron chi connectivity index (χ4n) is 3.18. The molecule has 1 saturated heterocycles. The highest BCUT2D eigenvalue weighted by atomic mass is 127. The number of benzene rings is 1. The Morgan fingerprint density at radius 3 is 2.50 bits per heavy atom. The SMILES string of the molecule is CN=C(NCc1ccccc1CS(=O)(=O)NC(C)C)N1CCSC(C)(C)C1.I. The van der Waals surface area contributed by atoms with Crippen molar-refractivity contribution in [2.75, 3.05) is 25.9 Å². The van der Waals surface area contributed by atoms with E-state index in [-0.39, 0.29) is 40.5 Å². The Kier molecular flexibility index (Phi) is 10.1. The monoisotopic (exact) mass is 540 g/mol. The molecule has 0 spiro atoms. The number of sulfonamides is 1. The molecule has 1 fully saturated rings. The molecule has 0 aliphatic carbocycles. The highest BCUT2D eigenvalue weighted by molar-refractivity contribution is 14.0. The molecule has 2 N–H and O–H groups in total. The van der Waals surface area contributed by atoms with Gasteiger partial charge in [-0.25, -0.2) is 13.1 Å². The summed E-state index contributed by atoms with van der Waals surface area (Å²) >= 11 is 1.98. The van der Waals surface area contributed by atoms with Crippen molar-refractivity contribution < 1.29 is 8.42 Å². The molecule has 0 amide bonds. The summed E-state index contributed by atoms with van der Waals surface area (Å²) in [5, 5.41) is 3.41. The average molecular weight is 541 g/mol. The number of thioether (sulfide) groups is 1. The molecule has 0 atom stereocenters. The summed E-state index contributed by atoms with van der Waals surface area (Å²) in [6, 6.07) is 7.55. The molecule has 0 radical (unpaired) electrons. The Hall–Kier alpha value is -0.520. The van der Waals surface area contributed by atoms with Crippen LogP contribution in [0, 0.1) is 0 Å². The third-order valence-electron chi connectivity index (χ3n) is 4.25. The van der Waals surface area contributed by atoms with Crippen molar-refractivity contribution in [3.8, 4) is 0 Å². The number of hydrogen-bond donors (Lipinski definition) is 2. The van der Waals surface area contributed by atoms with Crippen LogP contribution < -0.4 is 10.0 Å². The Labute approximate surface area is 191 Å². The molecule has 28 heavy (non-hydrogen) atoms. The predicted octanol–water partition coefficient (Wildman–Crippen LogP) is 3.04. The molecule has 0 saturated carbocycles. The molecule has 1 aliphatic rings. The second-order valence-corrected chi connectivity index (χ2v) is 11.3. The second-order valence-electron chi connectivity index (χ2n) is 7.73. The third kappa shape index (κ3) is 8.08. The Balaban J connectivity index is 0.00000392. The normalized spacial score (nSPS) is 17.4. The lowest BCUT2D eigenvalue weighted by molar-refractivity contribution is 0.375. The van der Waals surface area contributed by atoms with Crippen molar-refractivity contribution in [1.29, 1.82) is 0 Å². The first-order valence-corrected chi connectivity index (χ1v) is 11.9. The first-order valence-electron chi connectivity index (χ1n) is 9.28. The topological polar surface area (TPSA) is 73.8 Å². The first-order chi connectivity index (χ1) is 12.6. The molecule has 160 valence electrons. The van der Waals surface area contributed by atoms with Crippen LogP contribution >= 0.6 is 35.7 Å². The minimum absolute atomic E-state index is 0. The van der Waals surface area contributed by atoms with Gasteiger partial charge in [-0.1, -0.05) is 24.3 Å². The zero-order valence-electron chi connectivity index (χ0n) is 17.4. The van der Waals surface area contributed by atoms with Crippen LogP contribution in [0.2, 0.25) is 0 Å². The molecule has 9 heteroatoms. The minimum Gasteiger partial charge on any atom is -0.352 e. The third-order valence-corrected chi connectivity index (χ3v) is 7.07. The fourth-order valence-corrected chi connectivity index (χ4v) is 5.78. The number of rotatable bonds is 6. The highest BCUT2D eigenvalue weighted by Crippen LogP contribution is 2.29. The zero-order valence-corrected chi connectivity index (χ0v) is 21.3. The number of guanidine groups is 1. The van der Waals surface area contributed by atoms with Crippen LogP contribution in [-0.2, 0) is 22.3 Å². The number of hydrogen-bond acceptors (Lipinski definition) is 4. The van der Waals surface area contributed by atoms with E-state index in [0.29, 0.717) is 6.54 Å². The van der Waals surface area contributed by atoms with E-state index in [9.17, 15) is 8.42 Å². The van der Waals surface area contributed by atoms with Crippen LogP contribution in [0.25, 0.3) is 0 Å². The van der Waals surface area contributed by atoms with Gasteiger partial charge in [0.05, 0.1) is 5.75 Å². The van der Waals surface area contributed by atoms with E-state index >= 15 is 0 Å². The lowest BCUT2D eigenvalue weighted by Crippen LogP contribution is -2.50. The summed E-state index contributed by atoms with van der Waals surface area (Å²) in [4.78, 5) is 6.70. The summed E-state index contributed by atoms with van der Waals surface area (Å²) in [6.45, 7) is 10.6. The summed E-state index contributed by atoms with van der Waals surface area (Å²) in [5.74, 6) is 1.92. The van der Waals surface area contributed by atoms with Crippen LogP contribution in [0.1, 0.15) is 38.8 Å². The van der Waals surface area contributed by atoms with E-state index in [1.807, 2.05) is 49.9 Å². The van der Waals surface area contributed by atoms with Gasteiger partial charge in [-0.05, 0) is 38.8 Å². The van der Waals surface area contributed by atoms with Gasteiger partial charge in [0.1, 0.15) is 0 Å². The molecular weight excluding hydrogens is 507 g/mol. The summed E-state index contributed by atoms with van der Waals surface area (Å²) in [7, 11) is -1.57. The predicted molar refractivity (Wildman–Crippen MR) is 131 cm³/mol. The summed E-state index contributed by atoms with van der Waals surface area (Å²) in [6.07, 6.45) is 0. The molecule has 2 rings (SSSR count). The van der Waals surface area contributed by atoms with E-state index in [1.165, 1.54) is 0 Å². The van der Waals surface area contributed by atoms with Crippen LogP contribution in [0.5, 0.6) is 0 Å². The molecule has 1 aromatic carbocycles. The van der Waals surface area contributed by atoms with E-state index in [2.05, 4.69) is 33.8 Å². The van der Waals surface area contributed by atoms with Gasteiger partial charge in [0.25, 0.3) is 0 Å². The maximum Gasteiger partial charge on any atom is 0.216 e. The second kappa shape index (κ2) is 11.0. The van der Waals surface area contributed by atoms with Gasteiger partial charge >= 0.3 is 0 Å². The minimum atomic E-state index is -3.36. The van der Waals surface area contributed by atoms with Gasteiger partial charge in [0.15, 0.2) is 5.96 Å². The lowest BCUT2D eigenvalue weighted by Gasteiger charge is -2.39. The number of nitrogens with zero attached hydrogens (tertiary/aromatic N) is 2. The molecule has 1 aliphatic heterocycles. The van der Waals surface area contributed by atoms with Crippen LogP contribution in [0.15, 0.2) is 29.3 Å². The van der Waals surface area contributed by atoms with Crippen LogP contribution in [-0.4, -0.2) is 56.0 Å². The average Bonchev–Trinajstić information content (AvgIpc) is 2.54. The van der Waals surface area contributed by atoms with Gasteiger partial charge in [0.2, 0.25) is 10.0 Å². The van der Waals surface area contributed by atoms with Gasteiger partial charge in [-0.15, -0.1) is 24.0 Å². The molecule has 0 unspecified atom stereocenters. The zero-order chi connectivity index (χ0) is 20.1. The van der Waals surface area contributed by atoms with E-state index in [4.69, 9.17) is 0 Å². The smallest absolute Gasteiger partial charge is 0.216 e. The van der Waals surface area contributed by atoms with Crippen molar-refractivity contribution in [2.24, 2.45) is 4.99 Å². The Bertz CT molecular complexity index is 767. The molecule has 0 bridgehead atoms. The van der Waals surface area contributed by atoms with Crippen LogP contribution in [0.3, 0.4) is 0 Å². The number of nitrogens with one attached hydrogen (secondary N) is 2. The maximum absolute atomic E-state index is 12.3. The number of aliphatic imine (C=N–C) groups is 1. The molecule has 0 aromatic heterocycles. The highest BCUT2D eigenvalue weighted by Gasteiger charge is 2.28. The van der Waals surface area contributed by atoms with Crippen LogP contribution in [0.4, 0.5) is 0 Å². The number of halogens is 1.